The molecule has 1 heterocycles. The summed E-state index contributed by atoms with van der Waals surface area (Å²) in [7, 11) is -1.98. The maximum Gasteiger partial charge on any atom is 0.175 e. The summed E-state index contributed by atoms with van der Waals surface area (Å²) in [6, 6.07) is 22.8. The highest BCUT2D eigenvalue weighted by molar-refractivity contribution is 7.15. The molecule has 0 aliphatic carbocycles. The lowest BCUT2D eigenvalue weighted by Crippen LogP contribution is -2.66. The molecule has 1 aliphatic rings. The Morgan fingerprint density at radius 3 is 1.78 bits per heavy atom. The molecule has 2 aromatic rings. The van der Waals surface area contributed by atoms with Crippen molar-refractivity contribution in [3.63, 3.8) is 0 Å². The number of allylic oxidation sites excluding steroid dienone is 4. The molecule has 0 saturated heterocycles. The number of rotatable bonds is 9. The average molecular weight is 375 g/mol. The summed E-state index contributed by atoms with van der Waals surface area (Å²) >= 11 is 0. The van der Waals surface area contributed by atoms with E-state index in [9.17, 15) is 0 Å². The van der Waals surface area contributed by atoms with E-state index in [1.165, 1.54) is 44.9 Å². The summed E-state index contributed by atoms with van der Waals surface area (Å²) in [4.78, 5) is 0. The highest BCUT2D eigenvalue weighted by Crippen LogP contribution is 2.41. The van der Waals surface area contributed by atoms with E-state index in [0.29, 0.717) is 0 Å². The largest absolute Gasteiger partial charge is 0.175 e. The Balaban J connectivity index is 2.23. The first-order chi connectivity index (χ1) is 13.3. The highest BCUT2D eigenvalue weighted by atomic mass is 28.3. The third kappa shape index (κ3) is 3.75. The van der Waals surface area contributed by atoms with Crippen LogP contribution in [0, 0.1) is 0 Å². The fourth-order valence-corrected chi connectivity index (χ4v) is 9.93. The van der Waals surface area contributed by atoms with Gasteiger partial charge in [0.25, 0.3) is 0 Å². The number of hydrogen-bond acceptors (Lipinski definition) is 0. The first-order valence-corrected chi connectivity index (χ1v) is 12.8. The molecule has 0 atom stereocenters. The van der Waals surface area contributed by atoms with Gasteiger partial charge < -0.3 is 0 Å². The van der Waals surface area contributed by atoms with Gasteiger partial charge in [0.2, 0.25) is 0 Å². The highest BCUT2D eigenvalue weighted by Gasteiger charge is 2.50. The van der Waals surface area contributed by atoms with Gasteiger partial charge >= 0.3 is 0 Å². The van der Waals surface area contributed by atoms with Gasteiger partial charge in [0.15, 0.2) is 8.07 Å². The minimum atomic E-state index is -1.98. The molecule has 0 radical (unpaired) electrons. The van der Waals surface area contributed by atoms with E-state index in [-0.39, 0.29) is 0 Å². The van der Waals surface area contributed by atoms with Crippen LogP contribution in [0.25, 0.3) is 0 Å². The molecule has 0 amide bonds. The Morgan fingerprint density at radius 2 is 1.30 bits per heavy atom. The molecule has 0 bridgehead atoms. The maximum atomic E-state index is 2.59. The minimum Gasteiger partial charge on any atom is -0.0702 e. The molecule has 3 rings (SSSR count). The number of hydrogen-bond donors (Lipinski definition) is 0. The van der Waals surface area contributed by atoms with Crippen LogP contribution in [0.4, 0.5) is 0 Å². The van der Waals surface area contributed by atoms with Crippen molar-refractivity contribution in [1.29, 1.82) is 0 Å². The zero-order valence-electron chi connectivity index (χ0n) is 17.3. The summed E-state index contributed by atoms with van der Waals surface area (Å²) in [6.45, 7) is 6.97. The smallest absolute Gasteiger partial charge is 0.0702 e. The predicted molar refractivity (Wildman–Crippen MR) is 122 cm³/mol. The zero-order chi connectivity index (χ0) is 19.1. The summed E-state index contributed by atoms with van der Waals surface area (Å²) < 4.78 is 0. The average Bonchev–Trinajstić information content (AvgIpc) is 2.71. The Labute approximate surface area is 167 Å². The van der Waals surface area contributed by atoms with E-state index in [1.54, 1.807) is 26.3 Å². The van der Waals surface area contributed by atoms with Crippen LogP contribution in [0.5, 0.6) is 0 Å². The quantitative estimate of drug-likeness (QED) is 0.448. The van der Waals surface area contributed by atoms with E-state index in [2.05, 4.69) is 87.5 Å². The van der Waals surface area contributed by atoms with Gasteiger partial charge in [-0.3, -0.25) is 0 Å². The fourth-order valence-electron chi connectivity index (χ4n) is 4.60. The van der Waals surface area contributed by atoms with Crippen molar-refractivity contribution in [2.75, 3.05) is 0 Å². The molecular formula is C26H34Si. The van der Waals surface area contributed by atoms with Crippen LogP contribution >= 0.6 is 0 Å². The van der Waals surface area contributed by atoms with Crippen LogP contribution in [0.15, 0.2) is 82.7 Å². The number of unbranched alkanes of at least 4 members (excludes halogenated alkanes) is 2. The normalized spacial score (nSPS) is 17.2. The van der Waals surface area contributed by atoms with Crippen molar-refractivity contribution < 1.29 is 0 Å². The lowest BCUT2D eigenvalue weighted by atomic mass is 10.0. The van der Waals surface area contributed by atoms with Gasteiger partial charge in [-0.25, -0.2) is 0 Å². The lowest BCUT2D eigenvalue weighted by molar-refractivity contribution is 0.761. The van der Waals surface area contributed by atoms with Gasteiger partial charge in [-0.1, -0.05) is 118 Å². The van der Waals surface area contributed by atoms with Gasteiger partial charge in [0.1, 0.15) is 0 Å². The predicted octanol–water partition coefficient (Wildman–Crippen LogP) is 6.36. The molecule has 142 valence electrons. The van der Waals surface area contributed by atoms with Crippen molar-refractivity contribution in [1.82, 2.24) is 0 Å². The third-order valence-corrected chi connectivity index (χ3v) is 11.1. The van der Waals surface area contributed by atoms with Crippen LogP contribution in [-0.2, 0) is 0 Å². The fraction of sp³-hybridized carbons (Fsp3) is 0.385. The van der Waals surface area contributed by atoms with Crippen molar-refractivity contribution >= 4 is 18.4 Å². The molecule has 27 heavy (non-hydrogen) atoms. The Bertz CT molecular complexity index is 744. The van der Waals surface area contributed by atoms with Crippen molar-refractivity contribution in [3.05, 3.63) is 82.7 Å². The molecule has 0 saturated carbocycles. The van der Waals surface area contributed by atoms with Crippen LogP contribution < -0.4 is 10.4 Å². The monoisotopic (exact) mass is 374 g/mol. The molecule has 1 aliphatic heterocycles. The summed E-state index contributed by atoms with van der Waals surface area (Å²) in [5, 5.41) is 6.59. The van der Waals surface area contributed by atoms with Crippen molar-refractivity contribution in [2.24, 2.45) is 0 Å². The van der Waals surface area contributed by atoms with Gasteiger partial charge in [-0.15, -0.1) is 0 Å². The van der Waals surface area contributed by atoms with Gasteiger partial charge in [0, 0.05) is 0 Å². The standard InChI is InChI=1S/C26H34Si/c1-4-7-15-22(6-3)26-21-25(16-8-5-2)27(26,23-17-11-9-12-18-23)24-19-13-10-14-20-24/h9-14,17-21H,4-8,15-16H2,1-3H3/b26-22-. The maximum absolute atomic E-state index is 2.59. The van der Waals surface area contributed by atoms with Crippen molar-refractivity contribution in [2.45, 2.75) is 65.7 Å². The SMILES string of the molecule is CCCCC1=C/C(=C(\CC)CCCC)[Si]1(c1ccccc1)c1ccccc1. The molecule has 0 unspecified atom stereocenters. The molecular weight excluding hydrogens is 340 g/mol. The Hall–Kier alpha value is -1.86. The third-order valence-electron chi connectivity index (χ3n) is 6.06. The molecule has 0 N–H and O–H groups in total. The van der Waals surface area contributed by atoms with Crippen LogP contribution in [0.2, 0.25) is 0 Å². The van der Waals surface area contributed by atoms with Crippen LogP contribution in [0.1, 0.15) is 65.7 Å². The van der Waals surface area contributed by atoms with Crippen LogP contribution in [0.3, 0.4) is 0 Å². The zero-order valence-corrected chi connectivity index (χ0v) is 18.3. The summed E-state index contributed by atoms with van der Waals surface area (Å²) in [5.74, 6) is 0. The van der Waals surface area contributed by atoms with E-state index >= 15 is 0 Å². The molecule has 0 spiro atoms. The molecule has 0 fully saturated rings. The van der Waals surface area contributed by atoms with E-state index in [0.717, 1.165) is 0 Å². The van der Waals surface area contributed by atoms with Gasteiger partial charge in [-0.05, 0) is 41.3 Å². The topological polar surface area (TPSA) is 0 Å². The molecule has 2 aromatic carbocycles. The molecule has 0 nitrogen and oxygen atoms in total. The molecule has 0 aromatic heterocycles. The second-order valence-electron chi connectivity index (χ2n) is 7.73. The second kappa shape index (κ2) is 9.37. The minimum absolute atomic E-state index is 1.18. The van der Waals surface area contributed by atoms with E-state index < -0.39 is 8.07 Å². The molecule has 1 heteroatoms. The van der Waals surface area contributed by atoms with Gasteiger partial charge in [0.05, 0.1) is 0 Å². The van der Waals surface area contributed by atoms with Gasteiger partial charge in [-0.2, -0.15) is 0 Å². The van der Waals surface area contributed by atoms with E-state index in [1.807, 2.05) is 0 Å². The number of benzene rings is 2. The van der Waals surface area contributed by atoms with Crippen molar-refractivity contribution in [3.8, 4) is 0 Å². The first-order valence-electron chi connectivity index (χ1n) is 10.8. The van der Waals surface area contributed by atoms with Crippen LogP contribution in [-0.4, -0.2) is 8.07 Å². The lowest BCUT2D eigenvalue weighted by Gasteiger charge is -2.45. The van der Waals surface area contributed by atoms with E-state index in [4.69, 9.17) is 0 Å². The Kier molecular flexibility index (Phi) is 6.90. The first kappa shape index (κ1) is 19.9. The second-order valence-corrected chi connectivity index (χ2v) is 11.6. The summed E-state index contributed by atoms with van der Waals surface area (Å²) in [5.41, 5.74) is 1.71. The Morgan fingerprint density at radius 1 is 0.741 bits per heavy atom. The summed E-state index contributed by atoms with van der Waals surface area (Å²) in [6.07, 6.45) is 11.4.